The van der Waals surface area contributed by atoms with Crippen LogP contribution in [0.15, 0.2) is 0 Å². The molecule has 1 aliphatic heterocycles. The molecule has 0 radical (unpaired) electrons. The van der Waals surface area contributed by atoms with Crippen molar-refractivity contribution in [2.24, 2.45) is 5.92 Å². The molecule has 1 saturated heterocycles. The van der Waals surface area contributed by atoms with Gasteiger partial charge in [-0.05, 0) is 13.8 Å². The molecule has 4 nitrogen and oxygen atoms in total. The van der Waals surface area contributed by atoms with Crippen LogP contribution in [-0.2, 0) is 4.79 Å². The quantitative estimate of drug-likeness (QED) is 0.528. The number of rotatable bonds is 0. The summed E-state index contributed by atoms with van der Waals surface area (Å²) in [6.07, 6.45) is 0. The molecule has 1 heterocycles. The number of hydrogen-bond acceptors (Lipinski definition) is 2. The summed E-state index contributed by atoms with van der Waals surface area (Å²) in [7, 11) is 0. The molecule has 0 aromatic heterocycles. The third-order valence-electron chi connectivity index (χ3n) is 2.15. The topological polar surface area (TPSA) is 58.2 Å². The van der Waals surface area contributed by atoms with Crippen LogP contribution < -0.4 is 10.6 Å². The standard InChI is InChI=1S/C7H12N2O2/c1-4-5(10)8-6(11)9-7(4,2)3/h4H,1-3H3,(H2,8,9,10,11). The zero-order chi connectivity index (χ0) is 8.65. The van der Waals surface area contributed by atoms with Crippen molar-refractivity contribution in [3.8, 4) is 0 Å². The first-order valence-electron chi connectivity index (χ1n) is 3.56. The molecular weight excluding hydrogens is 144 g/mol. The number of imide groups is 1. The summed E-state index contributed by atoms with van der Waals surface area (Å²) in [5, 5.41) is 4.86. The van der Waals surface area contributed by atoms with E-state index in [1.807, 2.05) is 13.8 Å². The van der Waals surface area contributed by atoms with E-state index in [1.54, 1.807) is 6.92 Å². The Bertz CT molecular complexity index is 210. The van der Waals surface area contributed by atoms with Crippen molar-refractivity contribution < 1.29 is 9.59 Å². The zero-order valence-corrected chi connectivity index (χ0v) is 6.89. The number of nitrogens with one attached hydrogen (secondary N) is 2. The molecule has 0 aliphatic carbocycles. The van der Waals surface area contributed by atoms with Gasteiger partial charge < -0.3 is 5.32 Å². The van der Waals surface area contributed by atoms with Gasteiger partial charge in [0.25, 0.3) is 0 Å². The molecule has 1 aliphatic rings. The third-order valence-corrected chi connectivity index (χ3v) is 2.15. The molecule has 62 valence electrons. The lowest BCUT2D eigenvalue weighted by Gasteiger charge is -2.35. The summed E-state index contributed by atoms with van der Waals surface area (Å²) < 4.78 is 0. The lowest BCUT2D eigenvalue weighted by molar-refractivity contribution is -0.126. The smallest absolute Gasteiger partial charge is 0.321 e. The van der Waals surface area contributed by atoms with Gasteiger partial charge in [0.1, 0.15) is 0 Å². The van der Waals surface area contributed by atoms with Crippen LogP contribution in [0.2, 0.25) is 0 Å². The Morgan fingerprint density at radius 2 is 1.91 bits per heavy atom. The number of hydrogen-bond donors (Lipinski definition) is 2. The van der Waals surface area contributed by atoms with Gasteiger partial charge in [0, 0.05) is 5.54 Å². The number of amides is 3. The largest absolute Gasteiger partial charge is 0.332 e. The van der Waals surface area contributed by atoms with Crippen LogP contribution in [0.5, 0.6) is 0 Å². The number of carbonyl (C=O) groups excluding carboxylic acids is 2. The SMILES string of the molecule is CC1C(=O)NC(=O)NC1(C)C. The van der Waals surface area contributed by atoms with Crippen molar-refractivity contribution >= 4 is 11.9 Å². The van der Waals surface area contributed by atoms with E-state index < -0.39 is 11.6 Å². The fourth-order valence-corrected chi connectivity index (χ4v) is 0.980. The van der Waals surface area contributed by atoms with E-state index in [0.29, 0.717) is 0 Å². The Hall–Kier alpha value is -1.06. The molecule has 0 aromatic rings. The van der Waals surface area contributed by atoms with Gasteiger partial charge in [-0.3, -0.25) is 10.1 Å². The Balaban J connectivity index is 2.83. The summed E-state index contributed by atoms with van der Waals surface area (Å²) >= 11 is 0. The molecule has 0 aromatic carbocycles. The molecule has 1 fully saturated rings. The minimum absolute atomic E-state index is 0.180. The van der Waals surface area contributed by atoms with Gasteiger partial charge >= 0.3 is 6.03 Å². The van der Waals surface area contributed by atoms with Crippen molar-refractivity contribution in [3.05, 3.63) is 0 Å². The van der Waals surface area contributed by atoms with Gasteiger partial charge in [0.05, 0.1) is 5.92 Å². The lowest BCUT2D eigenvalue weighted by atomic mass is 9.87. The van der Waals surface area contributed by atoms with Crippen LogP contribution in [0.1, 0.15) is 20.8 Å². The highest BCUT2D eigenvalue weighted by Crippen LogP contribution is 2.18. The Morgan fingerprint density at radius 1 is 1.36 bits per heavy atom. The van der Waals surface area contributed by atoms with Crippen LogP contribution in [0.4, 0.5) is 4.79 Å². The van der Waals surface area contributed by atoms with E-state index in [2.05, 4.69) is 10.6 Å². The minimum atomic E-state index is -0.431. The normalized spacial score (nSPS) is 29.2. The molecule has 1 atom stereocenters. The molecule has 1 unspecified atom stereocenters. The highest BCUT2D eigenvalue weighted by Gasteiger charge is 2.37. The van der Waals surface area contributed by atoms with E-state index in [9.17, 15) is 9.59 Å². The second-order valence-corrected chi connectivity index (χ2v) is 3.39. The summed E-state index contributed by atoms with van der Waals surface area (Å²) in [6, 6.07) is -0.405. The van der Waals surface area contributed by atoms with E-state index in [0.717, 1.165) is 0 Å². The molecule has 0 saturated carbocycles. The average Bonchev–Trinajstić information content (AvgIpc) is 1.81. The third kappa shape index (κ3) is 1.34. The highest BCUT2D eigenvalue weighted by atomic mass is 16.2. The first-order chi connectivity index (χ1) is 4.93. The predicted octanol–water partition coefficient (Wildman–Crippen LogP) is 0.240. The summed E-state index contributed by atoms with van der Waals surface area (Å²) in [5.41, 5.74) is -0.431. The van der Waals surface area contributed by atoms with Gasteiger partial charge in [-0.2, -0.15) is 0 Å². The molecule has 1 rings (SSSR count). The van der Waals surface area contributed by atoms with Gasteiger partial charge in [-0.25, -0.2) is 4.79 Å². The van der Waals surface area contributed by atoms with E-state index >= 15 is 0 Å². The van der Waals surface area contributed by atoms with Gasteiger partial charge in [-0.1, -0.05) is 6.92 Å². The molecule has 4 heteroatoms. The first kappa shape index (κ1) is 8.04. The summed E-state index contributed by atoms with van der Waals surface area (Å²) in [4.78, 5) is 21.8. The average molecular weight is 156 g/mol. The van der Waals surface area contributed by atoms with Crippen LogP contribution in [0.25, 0.3) is 0 Å². The zero-order valence-electron chi connectivity index (χ0n) is 6.89. The Morgan fingerprint density at radius 3 is 2.36 bits per heavy atom. The number of urea groups is 1. The van der Waals surface area contributed by atoms with E-state index in [1.165, 1.54) is 0 Å². The van der Waals surface area contributed by atoms with Crippen molar-refractivity contribution in [1.82, 2.24) is 10.6 Å². The van der Waals surface area contributed by atoms with Crippen LogP contribution in [0, 0.1) is 5.92 Å². The molecule has 3 amide bonds. The van der Waals surface area contributed by atoms with Crippen LogP contribution in [0.3, 0.4) is 0 Å². The molecule has 11 heavy (non-hydrogen) atoms. The van der Waals surface area contributed by atoms with E-state index in [-0.39, 0.29) is 11.8 Å². The maximum atomic E-state index is 11.0. The fraction of sp³-hybridized carbons (Fsp3) is 0.714. The van der Waals surface area contributed by atoms with Crippen LogP contribution in [-0.4, -0.2) is 17.5 Å². The Labute approximate surface area is 65.3 Å². The lowest BCUT2D eigenvalue weighted by Crippen LogP contribution is -2.62. The first-order valence-corrected chi connectivity index (χ1v) is 3.56. The molecule has 2 N–H and O–H groups in total. The van der Waals surface area contributed by atoms with Gasteiger partial charge in [-0.15, -0.1) is 0 Å². The maximum absolute atomic E-state index is 11.0. The van der Waals surface area contributed by atoms with Gasteiger partial charge in [0.2, 0.25) is 5.91 Å². The maximum Gasteiger partial charge on any atom is 0.321 e. The van der Waals surface area contributed by atoms with E-state index in [4.69, 9.17) is 0 Å². The minimum Gasteiger partial charge on any atom is -0.332 e. The van der Waals surface area contributed by atoms with Crippen LogP contribution >= 0.6 is 0 Å². The number of carbonyl (C=O) groups is 2. The fourth-order valence-electron chi connectivity index (χ4n) is 0.980. The highest BCUT2D eigenvalue weighted by molar-refractivity contribution is 5.98. The molecular formula is C7H12N2O2. The van der Waals surface area contributed by atoms with Crippen molar-refractivity contribution in [1.29, 1.82) is 0 Å². The Kier molecular flexibility index (Phi) is 1.62. The second-order valence-electron chi connectivity index (χ2n) is 3.39. The van der Waals surface area contributed by atoms with Gasteiger partial charge in [0.15, 0.2) is 0 Å². The second kappa shape index (κ2) is 2.22. The molecule has 0 spiro atoms. The summed E-state index contributed by atoms with van der Waals surface area (Å²) in [6.45, 7) is 5.44. The predicted molar refractivity (Wildman–Crippen MR) is 39.9 cm³/mol. The van der Waals surface area contributed by atoms with Crippen molar-refractivity contribution in [3.63, 3.8) is 0 Å². The van der Waals surface area contributed by atoms with Crippen molar-refractivity contribution in [2.45, 2.75) is 26.3 Å². The summed E-state index contributed by atoms with van der Waals surface area (Å²) in [5.74, 6) is -0.390. The van der Waals surface area contributed by atoms with Crippen molar-refractivity contribution in [2.75, 3.05) is 0 Å². The monoisotopic (exact) mass is 156 g/mol. The molecule has 0 bridgehead atoms.